The van der Waals surface area contributed by atoms with E-state index in [1.165, 1.54) is 6.42 Å². The molecule has 0 bridgehead atoms. The third kappa shape index (κ3) is 2.99. The molecule has 2 aliphatic heterocycles. The number of hydrogen-bond acceptors (Lipinski definition) is 3. The molecule has 2 aliphatic rings. The van der Waals surface area contributed by atoms with Crippen LogP contribution in [0.1, 0.15) is 39.0 Å². The maximum absolute atomic E-state index is 12.2. The smallest absolute Gasteiger partial charge is 0.236 e. The second-order valence-electron chi connectivity index (χ2n) is 5.38. The van der Waals surface area contributed by atoms with Gasteiger partial charge in [-0.15, -0.1) is 0 Å². The molecule has 4 nitrogen and oxygen atoms in total. The van der Waals surface area contributed by atoms with Crippen molar-refractivity contribution in [2.75, 3.05) is 26.2 Å². The van der Waals surface area contributed by atoms with Gasteiger partial charge in [0.05, 0.1) is 13.2 Å². The Labute approximate surface area is 104 Å². The van der Waals surface area contributed by atoms with E-state index in [0.29, 0.717) is 12.6 Å². The van der Waals surface area contributed by atoms with Gasteiger partial charge in [0.25, 0.3) is 0 Å². The van der Waals surface area contributed by atoms with Crippen LogP contribution in [0.3, 0.4) is 0 Å². The van der Waals surface area contributed by atoms with Gasteiger partial charge in [0.15, 0.2) is 0 Å². The van der Waals surface area contributed by atoms with Gasteiger partial charge in [-0.05, 0) is 45.6 Å². The minimum atomic E-state index is 0.183. The summed E-state index contributed by atoms with van der Waals surface area (Å²) in [6, 6.07) is 0.602. The van der Waals surface area contributed by atoms with Crippen LogP contribution in [0.2, 0.25) is 0 Å². The van der Waals surface area contributed by atoms with Crippen molar-refractivity contribution in [1.82, 2.24) is 9.80 Å². The van der Waals surface area contributed by atoms with Crippen LogP contribution in [0.25, 0.3) is 0 Å². The number of carbonyl (C=O) groups excluding carboxylic acids is 1. The minimum absolute atomic E-state index is 0.183. The molecule has 2 heterocycles. The third-order valence-electron chi connectivity index (χ3n) is 4.17. The number of carbonyl (C=O) groups is 1. The molecule has 0 aliphatic carbocycles. The van der Waals surface area contributed by atoms with Crippen LogP contribution in [0.4, 0.5) is 0 Å². The molecule has 4 heteroatoms. The number of aliphatic hydroxyl groups is 1. The molecule has 0 radical (unpaired) electrons. The predicted molar refractivity (Wildman–Crippen MR) is 66.7 cm³/mol. The lowest BCUT2D eigenvalue weighted by Gasteiger charge is -2.35. The highest BCUT2D eigenvalue weighted by atomic mass is 16.3. The number of likely N-dealkylation sites (tertiary alicyclic amines) is 2. The predicted octanol–water partition coefficient (Wildman–Crippen LogP) is 0.844. The molecule has 1 unspecified atom stereocenters. The van der Waals surface area contributed by atoms with Gasteiger partial charge in [-0.2, -0.15) is 0 Å². The molecule has 2 saturated heterocycles. The number of piperidine rings is 1. The zero-order valence-electron chi connectivity index (χ0n) is 10.8. The maximum atomic E-state index is 12.2. The number of rotatable bonds is 3. The number of hydrogen-bond donors (Lipinski definition) is 1. The Hall–Kier alpha value is -0.610. The minimum Gasteiger partial charge on any atom is -0.395 e. The molecular weight excluding hydrogens is 216 g/mol. The highest BCUT2D eigenvalue weighted by Gasteiger charge is 2.29. The molecule has 2 atom stereocenters. The van der Waals surface area contributed by atoms with E-state index in [4.69, 9.17) is 0 Å². The van der Waals surface area contributed by atoms with Crippen molar-refractivity contribution in [2.45, 2.75) is 51.1 Å². The lowest BCUT2D eigenvalue weighted by molar-refractivity contribution is -0.136. The van der Waals surface area contributed by atoms with Crippen molar-refractivity contribution in [3.8, 4) is 0 Å². The average molecular weight is 240 g/mol. The largest absolute Gasteiger partial charge is 0.395 e. The van der Waals surface area contributed by atoms with Crippen molar-refractivity contribution < 1.29 is 9.90 Å². The molecule has 0 spiro atoms. The fraction of sp³-hybridized carbons (Fsp3) is 0.923. The highest BCUT2D eigenvalue weighted by molar-refractivity contribution is 5.78. The Morgan fingerprint density at radius 2 is 2.06 bits per heavy atom. The molecule has 0 aromatic carbocycles. The van der Waals surface area contributed by atoms with Gasteiger partial charge in [-0.3, -0.25) is 9.69 Å². The molecule has 2 rings (SSSR count). The maximum Gasteiger partial charge on any atom is 0.236 e. The van der Waals surface area contributed by atoms with Crippen LogP contribution in [-0.2, 0) is 4.79 Å². The Morgan fingerprint density at radius 3 is 2.76 bits per heavy atom. The summed E-state index contributed by atoms with van der Waals surface area (Å²) in [5, 5.41) is 9.25. The first kappa shape index (κ1) is 12.8. The van der Waals surface area contributed by atoms with Gasteiger partial charge in [0.1, 0.15) is 0 Å². The van der Waals surface area contributed by atoms with Crippen LogP contribution in [0, 0.1) is 0 Å². The second-order valence-corrected chi connectivity index (χ2v) is 5.38. The summed E-state index contributed by atoms with van der Waals surface area (Å²) < 4.78 is 0. The first-order valence-electron chi connectivity index (χ1n) is 6.86. The lowest BCUT2D eigenvalue weighted by Crippen LogP contribution is -2.48. The summed E-state index contributed by atoms with van der Waals surface area (Å²) in [7, 11) is 0. The van der Waals surface area contributed by atoms with Crippen molar-refractivity contribution in [1.29, 1.82) is 0 Å². The Balaban J connectivity index is 1.87. The van der Waals surface area contributed by atoms with E-state index in [1.54, 1.807) is 0 Å². The first-order chi connectivity index (χ1) is 8.22. The van der Waals surface area contributed by atoms with Gasteiger partial charge in [-0.25, -0.2) is 0 Å². The fourth-order valence-electron chi connectivity index (χ4n) is 3.04. The summed E-state index contributed by atoms with van der Waals surface area (Å²) in [6.07, 6.45) is 5.65. The van der Waals surface area contributed by atoms with E-state index >= 15 is 0 Å². The molecule has 17 heavy (non-hydrogen) atoms. The fourth-order valence-corrected chi connectivity index (χ4v) is 3.04. The van der Waals surface area contributed by atoms with Crippen LogP contribution < -0.4 is 0 Å². The van der Waals surface area contributed by atoms with Gasteiger partial charge in [0, 0.05) is 18.6 Å². The number of nitrogens with zero attached hydrogens (tertiary/aromatic N) is 2. The van der Waals surface area contributed by atoms with Gasteiger partial charge in [-0.1, -0.05) is 0 Å². The molecule has 2 fully saturated rings. The van der Waals surface area contributed by atoms with E-state index in [0.717, 1.165) is 38.8 Å². The molecule has 1 amide bonds. The summed E-state index contributed by atoms with van der Waals surface area (Å²) in [5.41, 5.74) is 0. The van der Waals surface area contributed by atoms with Crippen LogP contribution in [0.15, 0.2) is 0 Å². The van der Waals surface area contributed by atoms with Gasteiger partial charge >= 0.3 is 0 Å². The summed E-state index contributed by atoms with van der Waals surface area (Å²) >= 11 is 0. The van der Waals surface area contributed by atoms with E-state index in [9.17, 15) is 9.90 Å². The second kappa shape index (κ2) is 5.83. The Bertz CT molecular complexity index is 270. The average Bonchev–Trinajstić information content (AvgIpc) is 2.76. The monoisotopic (exact) mass is 240 g/mol. The Morgan fingerprint density at radius 1 is 1.24 bits per heavy atom. The summed E-state index contributed by atoms with van der Waals surface area (Å²) in [4.78, 5) is 16.4. The zero-order chi connectivity index (χ0) is 12.3. The van der Waals surface area contributed by atoms with Crippen LogP contribution in [-0.4, -0.2) is 59.1 Å². The molecule has 98 valence electrons. The van der Waals surface area contributed by atoms with E-state index in [-0.39, 0.29) is 18.6 Å². The van der Waals surface area contributed by atoms with Crippen molar-refractivity contribution in [2.24, 2.45) is 0 Å². The summed E-state index contributed by atoms with van der Waals surface area (Å²) in [5.74, 6) is 0.248. The van der Waals surface area contributed by atoms with Gasteiger partial charge in [0.2, 0.25) is 5.91 Å². The Kier molecular flexibility index (Phi) is 4.40. The molecule has 0 saturated carbocycles. The first-order valence-corrected chi connectivity index (χ1v) is 6.86. The number of amides is 1. The normalized spacial score (nSPS) is 30.8. The summed E-state index contributed by atoms with van der Waals surface area (Å²) in [6.45, 7) is 4.69. The van der Waals surface area contributed by atoms with Gasteiger partial charge < -0.3 is 10.0 Å². The van der Waals surface area contributed by atoms with Crippen LogP contribution >= 0.6 is 0 Å². The zero-order valence-corrected chi connectivity index (χ0v) is 10.8. The standard InChI is InChI=1S/C13H24N2O2/c1-11-5-2-3-8-15(11)13(17)9-14-7-4-6-12(14)10-16/h11-12,16H,2-10H2,1H3/t11?,12-/m1/s1. The van der Waals surface area contributed by atoms with Crippen molar-refractivity contribution in [3.63, 3.8) is 0 Å². The van der Waals surface area contributed by atoms with Crippen molar-refractivity contribution in [3.05, 3.63) is 0 Å². The number of aliphatic hydroxyl groups excluding tert-OH is 1. The van der Waals surface area contributed by atoms with Crippen LogP contribution in [0.5, 0.6) is 0 Å². The topological polar surface area (TPSA) is 43.8 Å². The highest BCUT2D eigenvalue weighted by Crippen LogP contribution is 2.19. The SMILES string of the molecule is CC1CCCCN1C(=O)CN1CCC[C@@H]1CO. The van der Waals surface area contributed by atoms with E-state index in [1.807, 2.05) is 4.90 Å². The third-order valence-corrected chi connectivity index (χ3v) is 4.17. The lowest BCUT2D eigenvalue weighted by atomic mass is 10.0. The molecule has 0 aromatic rings. The quantitative estimate of drug-likeness (QED) is 0.795. The molecule has 1 N–H and O–H groups in total. The molecular formula is C13H24N2O2. The molecule has 0 aromatic heterocycles. The van der Waals surface area contributed by atoms with Crippen molar-refractivity contribution >= 4 is 5.91 Å². The van der Waals surface area contributed by atoms with E-state index < -0.39 is 0 Å². The van der Waals surface area contributed by atoms with E-state index in [2.05, 4.69) is 11.8 Å².